The van der Waals surface area contributed by atoms with Crippen LogP contribution >= 0.6 is 0 Å². The quantitative estimate of drug-likeness (QED) is 0.488. The molecule has 0 fully saturated rings. The first kappa shape index (κ1) is 14.6. The molecule has 0 amide bonds. The number of aromatic nitrogens is 1. The van der Waals surface area contributed by atoms with Crippen molar-refractivity contribution in [1.82, 2.24) is 4.98 Å². The average Bonchev–Trinajstić information content (AvgIpc) is 2.98. The van der Waals surface area contributed by atoms with E-state index in [0.717, 1.165) is 27.4 Å². The highest BCUT2D eigenvalue weighted by Crippen LogP contribution is 2.32. The third-order valence-electron chi connectivity index (χ3n) is 3.91. The van der Waals surface area contributed by atoms with Crippen molar-refractivity contribution in [2.24, 2.45) is 0 Å². The van der Waals surface area contributed by atoms with Crippen LogP contribution in [0, 0.1) is 0 Å². The summed E-state index contributed by atoms with van der Waals surface area (Å²) < 4.78 is 41.2. The van der Waals surface area contributed by atoms with Crippen LogP contribution in [0.4, 0.5) is 13.2 Å². The van der Waals surface area contributed by atoms with Crippen molar-refractivity contribution in [3.8, 4) is 17.0 Å². The number of rotatable bonds is 2. The van der Waals surface area contributed by atoms with Crippen LogP contribution in [0.15, 0.2) is 66.7 Å². The van der Waals surface area contributed by atoms with Gasteiger partial charge in [0.2, 0.25) is 0 Å². The number of H-pyrrole nitrogens is 1. The molecule has 5 heteroatoms. The molecule has 0 aliphatic carbocycles. The van der Waals surface area contributed by atoms with E-state index in [1.807, 2.05) is 42.5 Å². The fraction of sp³-hybridized carbons (Fsp3) is 0.0526. The second-order valence-electron chi connectivity index (χ2n) is 5.51. The van der Waals surface area contributed by atoms with Gasteiger partial charge in [0.25, 0.3) is 0 Å². The van der Waals surface area contributed by atoms with Gasteiger partial charge in [-0.2, -0.15) is 0 Å². The van der Waals surface area contributed by atoms with Crippen LogP contribution in [0.2, 0.25) is 0 Å². The van der Waals surface area contributed by atoms with Crippen molar-refractivity contribution < 1.29 is 17.9 Å². The van der Waals surface area contributed by atoms with E-state index < -0.39 is 6.36 Å². The van der Waals surface area contributed by atoms with Crippen molar-refractivity contribution in [2.75, 3.05) is 0 Å². The van der Waals surface area contributed by atoms with Crippen molar-refractivity contribution in [3.05, 3.63) is 66.7 Å². The summed E-state index contributed by atoms with van der Waals surface area (Å²) in [6, 6.07) is 19.9. The molecule has 0 aliphatic rings. The molecule has 0 atom stereocenters. The van der Waals surface area contributed by atoms with Gasteiger partial charge >= 0.3 is 6.36 Å². The fourth-order valence-corrected chi connectivity index (χ4v) is 2.90. The van der Waals surface area contributed by atoms with E-state index in [4.69, 9.17) is 0 Å². The smallest absolute Gasteiger partial charge is 0.406 e. The topological polar surface area (TPSA) is 25.0 Å². The van der Waals surface area contributed by atoms with Crippen molar-refractivity contribution in [2.45, 2.75) is 6.36 Å². The maximum Gasteiger partial charge on any atom is 0.573 e. The van der Waals surface area contributed by atoms with Crippen LogP contribution in [0.25, 0.3) is 32.9 Å². The van der Waals surface area contributed by atoms with Crippen LogP contribution in [0.1, 0.15) is 0 Å². The Morgan fingerprint density at radius 1 is 0.792 bits per heavy atom. The van der Waals surface area contributed by atoms with Gasteiger partial charge in [-0.1, -0.05) is 42.5 Å². The first-order valence-corrected chi connectivity index (χ1v) is 7.36. The Morgan fingerprint density at radius 2 is 1.62 bits per heavy atom. The lowest BCUT2D eigenvalue weighted by Crippen LogP contribution is -2.17. The second kappa shape index (κ2) is 5.30. The van der Waals surface area contributed by atoms with Gasteiger partial charge in [0.1, 0.15) is 5.75 Å². The highest BCUT2D eigenvalue weighted by atomic mass is 19.4. The lowest BCUT2D eigenvalue weighted by atomic mass is 10.1. The van der Waals surface area contributed by atoms with E-state index in [0.29, 0.717) is 5.56 Å². The predicted octanol–water partition coefficient (Wildman–Crippen LogP) is 5.89. The van der Waals surface area contributed by atoms with Crippen LogP contribution in [0.3, 0.4) is 0 Å². The minimum atomic E-state index is -4.70. The van der Waals surface area contributed by atoms with Gasteiger partial charge in [-0.3, -0.25) is 0 Å². The summed E-state index contributed by atoms with van der Waals surface area (Å²) in [6.07, 6.45) is -4.70. The molecule has 4 rings (SSSR count). The lowest BCUT2D eigenvalue weighted by molar-refractivity contribution is -0.274. The normalized spacial score (nSPS) is 12.0. The molecular formula is C19H12F3NO. The summed E-state index contributed by atoms with van der Waals surface area (Å²) in [4.78, 5) is 3.26. The van der Waals surface area contributed by atoms with Gasteiger partial charge in [0.15, 0.2) is 0 Å². The summed E-state index contributed by atoms with van der Waals surface area (Å²) in [5.41, 5.74) is 2.32. The minimum absolute atomic E-state index is 0.233. The summed E-state index contributed by atoms with van der Waals surface area (Å²) in [7, 11) is 0. The zero-order chi connectivity index (χ0) is 16.7. The molecule has 0 spiro atoms. The lowest BCUT2D eigenvalue weighted by Gasteiger charge is -2.09. The molecule has 4 aromatic rings. The second-order valence-corrected chi connectivity index (χ2v) is 5.51. The molecule has 0 saturated heterocycles. The van der Waals surface area contributed by atoms with E-state index >= 15 is 0 Å². The molecule has 0 unspecified atom stereocenters. The molecule has 0 saturated carbocycles. The molecule has 1 heterocycles. The van der Waals surface area contributed by atoms with E-state index in [-0.39, 0.29) is 5.75 Å². The first-order chi connectivity index (χ1) is 11.5. The molecule has 0 radical (unpaired) electrons. The third-order valence-corrected chi connectivity index (χ3v) is 3.91. The first-order valence-electron chi connectivity index (χ1n) is 7.36. The maximum absolute atomic E-state index is 12.4. The van der Waals surface area contributed by atoms with Crippen molar-refractivity contribution in [1.29, 1.82) is 0 Å². The minimum Gasteiger partial charge on any atom is -0.406 e. The van der Waals surface area contributed by atoms with Gasteiger partial charge in [-0.15, -0.1) is 13.2 Å². The molecule has 24 heavy (non-hydrogen) atoms. The predicted molar refractivity (Wildman–Crippen MR) is 87.9 cm³/mol. The molecular weight excluding hydrogens is 315 g/mol. The van der Waals surface area contributed by atoms with Gasteiger partial charge in [-0.05, 0) is 35.0 Å². The molecule has 0 bridgehead atoms. The van der Waals surface area contributed by atoms with Crippen LogP contribution in [-0.2, 0) is 0 Å². The summed E-state index contributed by atoms with van der Waals surface area (Å²) >= 11 is 0. The van der Waals surface area contributed by atoms with Crippen LogP contribution in [-0.4, -0.2) is 11.3 Å². The summed E-state index contributed by atoms with van der Waals surface area (Å²) in [6.45, 7) is 0. The number of benzene rings is 3. The molecule has 3 aromatic carbocycles. The Kier molecular flexibility index (Phi) is 3.23. The van der Waals surface area contributed by atoms with Crippen LogP contribution in [0.5, 0.6) is 5.75 Å². The van der Waals surface area contributed by atoms with Gasteiger partial charge < -0.3 is 9.72 Å². The zero-order valence-corrected chi connectivity index (χ0v) is 12.4. The summed E-state index contributed by atoms with van der Waals surface area (Å²) in [5.74, 6) is -0.233. The average molecular weight is 327 g/mol. The molecule has 2 nitrogen and oxygen atoms in total. The number of hydrogen-bond donors (Lipinski definition) is 1. The molecule has 0 aliphatic heterocycles. The Bertz CT molecular complexity index is 1030. The Balaban J connectivity index is 1.82. The van der Waals surface area contributed by atoms with Crippen molar-refractivity contribution in [3.63, 3.8) is 0 Å². The van der Waals surface area contributed by atoms with Crippen molar-refractivity contribution >= 4 is 21.7 Å². The number of nitrogens with one attached hydrogen (secondary N) is 1. The summed E-state index contributed by atoms with van der Waals surface area (Å²) in [5, 5.41) is 3.25. The van der Waals surface area contributed by atoms with E-state index in [2.05, 4.69) is 9.72 Å². The molecule has 1 aromatic heterocycles. The number of ether oxygens (including phenoxy) is 1. The van der Waals surface area contributed by atoms with Gasteiger partial charge in [0, 0.05) is 22.2 Å². The molecule has 120 valence electrons. The Hall–Kier alpha value is -2.95. The van der Waals surface area contributed by atoms with E-state index in [1.165, 1.54) is 12.1 Å². The van der Waals surface area contributed by atoms with Gasteiger partial charge in [-0.25, -0.2) is 0 Å². The number of aromatic amines is 1. The maximum atomic E-state index is 12.4. The van der Waals surface area contributed by atoms with Crippen LogP contribution < -0.4 is 4.74 Å². The monoisotopic (exact) mass is 327 g/mol. The SMILES string of the molecule is FC(F)(F)Oc1cccc(-c2cc3c(ccc4ccccc43)[nH]2)c1. The zero-order valence-electron chi connectivity index (χ0n) is 12.4. The third kappa shape index (κ3) is 2.69. The fourth-order valence-electron chi connectivity index (χ4n) is 2.90. The number of alkyl halides is 3. The van der Waals surface area contributed by atoms with Gasteiger partial charge in [0.05, 0.1) is 0 Å². The largest absolute Gasteiger partial charge is 0.573 e. The standard InChI is InChI=1S/C19H12F3NO/c20-19(21,22)24-14-6-3-5-13(10-14)18-11-16-15-7-2-1-4-12(15)8-9-17(16)23-18/h1-11,23H. The highest BCUT2D eigenvalue weighted by molar-refractivity contribution is 6.08. The Labute approximate surface area is 135 Å². The number of fused-ring (bicyclic) bond motifs is 3. The highest BCUT2D eigenvalue weighted by Gasteiger charge is 2.31. The van der Waals surface area contributed by atoms with E-state index in [1.54, 1.807) is 12.1 Å². The molecule has 1 N–H and O–H groups in total. The number of halogens is 3. The number of hydrogen-bond acceptors (Lipinski definition) is 1. The van der Waals surface area contributed by atoms with E-state index in [9.17, 15) is 13.2 Å². The Morgan fingerprint density at radius 3 is 2.46 bits per heavy atom.